The Labute approximate surface area is 248 Å². The van der Waals surface area contributed by atoms with Gasteiger partial charge in [0.25, 0.3) is 0 Å². The predicted molar refractivity (Wildman–Crippen MR) is 146 cm³/mol. The Balaban J connectivity index is 0.000000273. The zero-order valence-corrected chi connectivity index (χ0v) is 23.4. The maximum Gasteiger partial charge on any atom is 0.575 e. The Morgan fingerprint density at radius 3 is 2.40 bits per heavy atom. The molecule has 4 heterocycles. The standard InChI is InChI=1S/C20H21ClN4O5.C7H4F3NO2/c1-2-28-19(26)13-9-15(21)18(22-11-13)24-5-7-25(8-6-24)20(27)23-14-3-4-16-17(10-14)30-12-29-16;8-7(9,10)13-6(12)5-2-1-3-11-4-5/h3-4,9-11H,2,5-8,12H2,1H3,(H,23,27);1-4H. The molecule has 0 radical (unpaired) electrons. The third-order valence-electron chi connectivity index (χ3n) is 5.93. The van der Waals surface area contributed by atoms with Gasteiger partial charge < -0.3 is 34.1 Å². The molecule has 0 unspecified atom stereocenters. The van der Waals surface area contributed by atoms with Crippen molar-refractivity contribution >= 4 is 41.1 Å². The highest BCUT2D eigenvalue weighted by atomic mass is 35.5. The molecule has 2 aliphatic heterocycles. The number of ether oxygens (including phenoxy) is 4. The molecule has 43 heavy (non-hydrogen) atoms. The largest absolute Gasteiger partial charge is 0.575 e. The van der Waals surface area contributed by atoms with Crippen molar-refractivity contribution in [3.05, 3.63) is 71.1 Å². The number of carbonyl (C=O) groups is 3. The Hall–Kier alpha value is -4.79. The third-order valence-corrected chi connectivity index (χ3v) is 6.21. The van der Waals surface area contributed by atoms with E-state index < -0.39 is 18.3 Å². The van der Waals surface area contributed by atoms with E-state index in [2.05, 4.69) is 20.0 Å². The first-order valence-electron chi connectivity index (χ1n) is 12.8. The lowest BCUT2D eigenvalue weighted by molar-refractivity contribution is -0.291. The molecule has 0 bridgehead atoms. The number of alkyl halides is 3. The summed E-state index contributed by atoms with van der Waals surface area (Å²) in [4.78, 5) is 46.6. The van der Waals surface area contributed by atoms with Crippen molar-refractivity contribution in [3.63, 3.8) is 0 Å². The van der Waals surface area contributed by atoms with Gasteiger partial charge in [0.15, 0.2) is 11.5 Å². The first kappa shape index (κ1) is 31.2. The van der Waals surface area contributed by atoms with Gasteiger partial charge in [-0.2, -0.15) is 0 Å². The molecule has 1 fully saturated rings. The van der Waals surface area contributed by atoms with Crippen LogP contribution in [0.5, 0.6) is 11.5 Å². The number of fused-ring (bicyclic) bond motifs is 1. The number of piperazine rings is 1. The van der Waals surface area contributed by atoms with E-state index in [1.165, 1.54) is 24.5 Å². The number of nitrogens with one attached hydrogen (secondary N) is 1. The van der Waals surface area contributed by atoms with E-state index in [9.17, 15) is 27.6 Å². The summed E-state index contributed by atoms with van der Waals surface area (Å²) < 4.78 is 53.3. The van der Waals surface area contributed by atoms with Crippen LogP contribution < -0.4 is 19.7 Å². The molecule has 0 aliphatic carbocycles. The number of urea groups is 1. The summed E-state index contributed by atoms with van der Waals surface area (Å²) in [7, 11) is 0. The van der Waals surface area contributed by atoms with Gasteiger partial charge in [0.05, 0.1) is 22.8 Å². The van der Waals surface area contributed by atoms with Gasteiger partial charge in [-0.15, -0.1) is 13.2 Å². The van der Waals surface area contributed by atoms with E-state index >= 15 is 0 Å². The van der Waals surface area contributed by atoms with Crippen LogP contribution in [0.2, 0.25) is 5.02 Å². The molecule has 0 atom stereocenters. The minimum Gasteiger partial charge on any atom is -0.462 e. The van der Waals surface area contributed by atoms with Crippen LogP contribution in [0.3, 0.4) is 0 Å². The van der Waals surface area contributed by atoms with Crippen LogP contribution >= 0.6 is 11.6 Å². The molecule has 2 aliphatic rings. The van der Waals surface area contributed by atoms with Crippen LogP contribution in [0, 0.1) is 0 Å². The van der Waals surface area contributed by atoms with Crippen LogP contribution in [-0.2, 0) is 9.47 Å². The molecule has 0 spiro atoms. The number of rotatable bonds is 5. The summed E-state index contributed by atoms with van der Waals surface area (Å²) in [6, 6.07) is 9.17. The van der Waals surface area contributed by atoms with Crippen molar-refractivity contribution in [2.24, 2.45) is 0 Å². The van der Waals surface area contributed by atoms with Crippen LogP contribution in [0.4, 0.5) is 29.5 Å². The summed E-state index contributed by atoms with van der Waals surface area (Å²) in [6.07, 6.45) is -1.16. The number of halogens is 4. The van der Waals surface area contributed by atoms with Crippen molar-refractivity contribution in [1.29, 1.82) is 0 Å². The first-order valence-corrected chi connectivity index (χ1v) is 13.1. The number of hydrogen-bond donors (Lipinski definition) is 1. The number of aromatic nitrogens is 2. The highest BCUT2D eigenvalue weighted by Gasteiger charge is 2.34. The lowest BCUT2D eigenvalue weighted by Gasteiger charge is -2.35. The van der Waals surface area contributed by atoms with E-state index in [1.807, 2.05) is 4.90 Å². The monoisotopic (exact) mass is 623 g/mol. The average molecular weight is 624 g/mol. The van der Waals surface area contributed by atoms with Crippen LogP contribution in [-0.4, -0.2) is 78.8 Å². The van der Waals surface area contributed by atoms with E-state index in [0.717, 1.165) is 6.20 Å². The lowest BCUT2D eigenvalue weighted by Crippen LogP contribution is -2.50. The van der Waals surface area contributed by atoms with Gasteiger partial charge in [0.2, 0.25) is 6.79 Å². The summed E-state index contributed by atoms with van der Waals surface area (Å²) in [6.45, 7) is 4.37. The average Bonchev–Trinajstić information content (AvgIpc) is 3.45. The van der Waals surface area contributed by atoms with Gasteiger partial charge in [0.1, 0.15) is 5.82 Å². The Morgan fingerprint density at radius 1 is 1.00 bits per heavy atom. The molecule has 1 saturated heterocycles. The molecular formula is C27H25ClF3N5O7. The molecule has 1 N–H and O–H groups in total. The molecule has 228 valence electrons. The highest BCUT2D eigenvalue weighted by Crippen LogP contribution is 2.34. The first-order chi connectivity index (χ1) is 20.5. The van der Waals surface area contributed by atoms with E-state index in [1.54, 1.807) is 36.1 Å². The molecule has 2 amide bonds. The van der Waals surface area contributed by atoms with Gasteiger partial charge in [-0.3, -0.25) is 4.98 Å². The van der Waals surface area contributed by atoms with Gasteiger partial charge in [-0.25, -0.2) is 19.4 Å². The normalized spacial score (nSPS) is 13.9. The molecule has 1 aromatic carbocycles. The second-order valence-corrected chi connectivity index (χ2v) is 9.21. The minimum atomic E-state index is -4.95. The number of esters is 2. The van der Waals surface area contributed by atoms with Crippen molar-refractivity contribution < 1.29 is 46.5 Å². The molecule has 5 rings (SSSR count). The maximum absolute atomic E-state index is 12.6. The third kappa shape index (κ3) is 8.61. The summed E-state index contributed by atoms with van der Waals surface area (Å²) in [5.41, 5.74) is 0.720. The fourth-order valence-corrected chi connectivity index (χ4v) is 4.22. The SMILES string of the molecule is CCOC(=O)c1cnc(N2CCN(C(=O)Nc3ccc4c(c3)OCO4)CC2)c(Cl)c1.O=C(OC(F)(F)F)c1cccnc1. The zero-order chi connectivity index (χ0) is 31.0. The number of pyridine rings is 2. The number of benzene rings is 1. The van der Waals surface area contributed by atoms with Gasteiger partial charge in [-0.05, 0) is 37.3 Å². The van der Waals surface area contributed by atoms with Crippen molar-refractivity contribution in [2.75, 3.05) is 49.8 Å². The smallest absolute Gasteiger partial charge is 0.462 e. The van der Waals surface area contributed by atoms with E-state index in [0.29, 0.717) is 59.8 Å². The van der Waals surface area contributed by atoms with Crippen LogP contribution in [0.15, 0.2) is 55.0 Å². The summed E-state index contributed by atoms with van der Waals surface area (Å²) >= 11 is 6.33. The van der Waals surface area contributed by atoms with Gasteiger partial charge in [-0.1, -0.05) is 11.6 Å². The number of carbonyl (C=O) groups excluding carboxylic acids is 3. The van der Waals surface area contributed by atoms with Crippen molar-refractivity contribution in [3.8, 4) is 11.5 Å². The molecule has 3 aromatic rings. The lowest BCUT2D eigenvalue weighted by atomic mass is 10.2. The molecule has 0 saturated carbocycles. The molecular weight excluding hydrogens is 599 g/mol. The second kappa shape index (κ2) is 13.9. The fourth-order valence-electron chi connectivity index (χ4n) is 3.94. The summed E-state index contributed by atoms with van der Waals surface area (Å²) in [5.74, 6) is -0.0471. The summed E-state index contributed by atoms with van der Waals surface area (Å²) in [5, 5.41) is 3.25. The van der Waals surface area contributed by atoms with Gasteiger partial charge in [0, 0.05) is 56.5 Å². The Morgan fingerprint density at radius 2 is 1.74 bits per heavy atom. The fraction of sp³-hybridized carbons (Fsp3) is 0.296. The molecule has 12 nitrogen and oxygen atoms in total. The molecule has 2 aromatic heterocycles. The number of amides is 2. The maximum atomic E-state index is 12.6. The van der Waals surface area contributed by atoms with E-state index in [4.69, 9.17) is 25.8 Å². The number of nitrogens with zero attached hydrogens (tertiary/aromatic N) is 4. The van der Waals surface area contributed by atoms with Gasteiger partial charge >= 0.3 is 24.3 Å². The van der Waals surface area contributed by atoms with Crippen LogP contribution in [0.25, 0.3) is 0 Å². The minimum absolute atomic E-state index is 0.187. The zero-order valence-electron chi connectivity index (χ0n) is 22.6. The highest BCUT2D eigenvalue weighted by molar-refractivity contribution is 6.33. The second-order valence-electron chi connectivity index (χ2n) is 8.80. The van der Waals surface area contributed by atoms with Crippen LogP contribution in [0.1, 0.15) is 27.6 Å². The number of anilines is 2. The predicted octanol–water partition coefficient (Wildman–Crippen LogP) is 4.75. The van der Waals surface area contributed by atoms with Crippen molar-refractivity contribution in [2.45, 2.75) is 13.3 Å². The Bertz CT molecular complexity index is 1450. The topological polar surface area (TPSA) is 132 Å². The van der Waals surface area contributed by atoms with Crippen molar-refractivity contribution in [1.82, 2.24) is 14.9 Å². The number of hydrogen-bond acceptors (Lipinski definition) is 10. The quantitative estimate of drug-likeness (QED) is 0.397. The molecule has 16 heteroatoms. The van der Waals surface area contributed by atoms with E-state index in [-0.39, 0.29) is 25.0 Å². The Kier molecular flexibility index (Phi) is 10.1.